The van der Waals surface area contributed by atoms with Gasteiger partial charge in [-0.3, -0.25) is 0 Å². The number of hydrogen-bond donors (Lipinski definition) is 2. The lowest BCUT2D eigenvalue weighted by Gasteiger charge is -2.30. The lowest BCUT2D eigenvalue weighted by molar-refractivity contribution is 0.174. The highest BCUT2D eigenvalue weighted by Gasteiger charge is 2.20. The zero-order chi connectivity index (χ0) is 16.8. The minimum atomic E-state index is 0.0472. The van der Waals surface area contributed by atoms with Crippen molar-refractivity contribution in [3.8, 4) is 11.5 Å². The van der Waals surface area contributed by atoms with Crippen molar-refractivity contribution < 1.29 is 9.47 Å². The highest BCUT2D eigenvalue weighted by molar-refractivity contribution is 6.05. The zero-order valence-corrected chi connectivity index (χ0v) is 13.9. The summed E-state index contributed by atoms with van der Waals surface area (Å²) in [5.74, 6) is 1.62. The Bertz CT molecular complexity index is 969. The van der Waals surface area contributed by atoms with E-state index in [-0.39, 0.29) is 6.17 Å². The topological polar surface area (TPSA) is 42.5 Å². The summed E-state index contributed by atoms with van der Waals surface area (Å²) in [5, 5.41) is 9.69. The lowest BCUT2D eigenvalue weighted by atomic mass is 10.0. The number of rotatable bonds is 2. The number of ether oxygens (including phenoxy) is 2. The summed E-state index contributed by atoms with van der Waals surface area (Å²) in [7, 11) is 0. The average molecular weight is 330 g/mol. The van der Waals surface area contributed by atoms with Gasteiger partial charge in [0, 0.05) is 16.8 Å². The van der Waals surface area contributed by atoms with Crippen LogP contribution in [0, 0.1) is 0 Å². The molecule has 2 N–H and O–H groups in total. The van der Waals surface area contributed by atoms with Crippen LogP contribution in [0.5, 0.6) is 11.5 Å². The molecule has 3 aromatic rings. The van der Waals surface area contributed by atoms with Gasteiger partial charge in [-0.25, -0.2) is 0 Å². The Labute approximate surface area is 146 Å². The molecule has 0 amide bonds. The maximum absolute atomic E-state index is 5.47. The van der Waals surface area contributed by atoms with Crippen LogP contribution in [0.4, 0.5) is 11.4 Å². The van der Waals surface area contributed by atoms with Gasteiger partial charge in [0.25, 0.3) is 0 Å². The Hall–Kier alpha value is -3.14. The molecule has 0 radical (unpaired) electrons. The van der Waals surface area contributed by atoms with Gasteiger partial charge in [0.05, 0.1) is 0 Å². The molecule has 0 saturated heterocycles. The molecular weight excluding hydrogens is 312 g/mol. The predicted octanol–water partition coefficient (Wildman–Crippen LogP) is 4.84. The van der Waals surface area contributed by atoms with E-state index < -0.39 is 0 Å². The lowest BCUT2D eigenvalue weighted by Crippen LogP contribution is -2.32. The highest BCUT2D eigenvalue weighted by Crippen LogP contribution is 2.37. The van der Waals surface area contributed by atoms with Crippen LogP contribution in [-0.2, 0) is 0 Å². The number of nitrogens with one attached hydrogen (secondary N) is 2. The third-order valence-electron chi connectivity index (χ3n) is 4.75. The van der Waals surface area contributed by atoms with Crippen molar-refractivity contribution in [3.63, 3.8) is 0 Å². The molecular formula is C21H18N2O2. The predicted molar refractivity (Wildman–Crippen MR) is 101 cm³/mol. The summed E-state index contributed by atoms with van der Waals surface area (Å²) >= 11 is 0. The maximum Gasteiger partial charge on any atom is 0.231 e. The van der Waals surface area contributed by atoms with E-state index in [4.69, 9.17) is 9.47 Å². The van der Waals surface area contributed by atoms with Crippen LogP contribution in [0.2, 0.25) is 0 Å². The van der Waals surface area contributed by atoms with E-state index in [9.17, 15) is 0 Å². The molecule has 25 heavy (non-hydrogen) atoms. The average Bonchev–Trinajstić information content (AvgIpc) is 3.10. The van der Waals surface area contributed by atoms with E-state index in [2.05, 4.69) is 66.1 Å². The molecule has 2 aliphatic heterocycles. The Morgan fingerprint density at radius 3 is 2.44 bits per heavy atom. The van der Waals surface area contributed by atoms with Crippen LogP contribution in [0.25, 0.3) is 16.8 Å². The van der Waals surface area contributed by atoms with Crippen molar-refractivity contribution in [1.29, 1.82) is 0 Å². The van der Waals surface area contributed by atoms with Crippen molar-refractivity contribution in [2.24, 2.45) is 0 Å². The summed E-state index contributed by atoms with van der Waals surface area (Å²) in [6.45, 7) is 2.43. The second-order valence-corrected chi connectivity index (χ2v) is 6.43. The number of anilines is 2. The fraction of sp³-hybridized carbons (Fsp3) is 0.143. The van der Waals surface area contributed by atoms with Crippen LogP contribution in [-0.4, -0.2) is 13.0 Å². The molecule has 0 aromatic heterocycles. The van der Waals surface area contributed by atoms with Gasteiger partial charge in [0.15, 0.2) is 11.5 Å². The largest absolute Gasteiger partial charge is 0.454 e. The van der Waals surface area contributed by atoms with Gasteiger partial charge in [0.1, 0.15) is 6.17 Å². The molecule has 4 nitrogen and oxygen atoms in total. The first-order valence-electron chi connectivity index (χ1n) is 8.41. The maximum atomic E-state index is 5.47. The molecule has 0 unspecified atom stereocenters. The zero-order valence-electron chi connectivity index (χ0n) is 13.9. The SMILES string of the molecule is C/C(=C\c1ccc2c(c1)OCO2)C1Nc2cccc3cccc(c23)N1. The summed E-state index contributed by atoms with van der Waals surface area (Å²) < 4.78 is 10.8. The molecule has 0 bridgehead atoms. The molecule has 3 aromatic carbocycles. The second kappa shape index (κ2) is 5.45. The molecule has 0 saturated carbocycles. The van der Waals surface area contributed by atoms with Crippen molar-refractivity contribution in [1.82, 2.24) is 0 Å². The van der Waals surface area contributed by atoms with Gasteiger partial charge in [0.2, 0.25) is 6.79 Å². The van der Waals surface area contributed by atoms with E-state index in [1.54, 1.807) is 0 Å². The van der Waals surface area contributed by atoms with Crippen molar-refractivity contribution in [3.05, 3.63) is 65.7 Å². The summed E-state index contributed by atoms with van der Waals surface area (Å²) in [6, 6.07) is 18.8. The van der Waals surface area contributed by atoms with Gasteiger partial charge in [-0.2, -0.15) is 0 Å². The molecule has 2 heterocycles. The minimum absolute atomic E-state index is 0.0472. The van der Waals surface area contributed by atoms with Crippen LogP contribution in [0.1, 0.15) is 12.5 Å². The third kappa shape index (κ3) is 2.38. The summed E-state index contributed by atoms with van der Waals surface area (Å²) in [5.41, 5.74) is 4.62. The van der Waals surface area contributed by atoms with Crippen LogP contribution in [0.15, 0.2) is 60.2 Å². The molecule has 0 atom stereocenters. The van der Waals surface area contributed by atoms with E-state index in [1.807, 2.05) is 12.1 Å². The standard InChI is InChI=1S/C21H18N2O2/c1-13(10-14-8-9-18-19(11-14)25-12-24-18)21-22-16-6-2-4-15-5-3-7-17(23-21)20(15)16/h2-11,21-23H,12H2,1H3/b13-10+. The van der Waals surface area contributed by atoms with Crippen LogP contribution in [0.3, 0.4) is 0 Å². The fourth-order valence-electron chi connectivity index (χ4n) is 3.51. The van der Waals surface area contributed by atoms with Crippen LogP contribution >= 0.6 is 0 Å². The summed E-state index contributed by atoms with van der Waals surface area (Å²) in [6.07, 6.45) is 2.21. The van der Waals surface area contributed by atoms with Crippen molar-refractivity contribution in [2.75, 3.05) is 17.4 Å². The normalized spacial score (nSPS) is 15.8. The molecule has 124 valence electrons. The van der Waals surface area contributed by atoms with Gasteiger partial charge in [-0.05, 0) is 47.7 Å². The van der Waals surface area contributed by atoms with Crippen molar-refractivity contribution in [2.45, 2.75) is 13.1 Å². The highest BCUT2D eigenvalue weighted by atomic mass is 16.7. The van der Waals surface area contributed by atoms with Gasteiger partial charge >= 0.3 is 0 Å². The third-order valence-corrected chi connectivity index (χ3v) is 4.75. The number of fused-ring (bicyclic) bond motifs is 1. The second-order valence-electron chi connectivity index (χ2n) is 6.43. The summed E-state index contributed by atoms with van der Waals surface area (Å²) in [4.78, 5) is 0. The van der Waals surface area contributed by atoms with E-state index in [0.717, 1.165) is 28.4 Å². The first kappa shape index (κ1) is 14.2. The molecule has 5 rings (SSSR count). The molecule has 4 heteroatoms. The van der Waals surface area contributed by atoms with Gasteiger partial charge in [-0.15, -0.1) is 0 Å². The van der Waals surface area contributed by atoms with Crippen molar-refractivity contribution >= 4 is 28.2 Å². The Morgan fingerprint density at radius 2 is 1.68 bits per heavy atom. The van der Waals surface area contributed by atoms with Crippen LogP contribution < -0.4 is 20.1 Å². The monoisotopic (exact) mass is 330 g/mol. The van der Waals surface area contributed by atoms with E-state index >= 15 is 0 Å². The Balaban J connectivity index is 1.48. The first-order valence-corrected chi connectivity index (χ1v) is 8.41. The fourth-order valence-corrected chi connectivity index (χ4v) is 3.51. The van der Waals surface area contributed by atoms with Gasteiger partial charge < -0.3 is 20.1 Å². The smallest absolute Gasteiger partial charge is 0.231 e. The minimum Gasteiger partial charge on any atom is -0.454 e. The van der Waals surface area contributed by atoms with Gasteiger partial charge in [-0.1, -0.05) is 36.4 Å². The number of benzene rings is 3. The van der Waals surface area contributed by atoms with E-state index in [1.165, 1.54) is 16.3 Å². The number of hydrogen-bond acceptors (Lipinski definition) is 4. The first-order chi connectivity index (χ1) is 12.3. The molecule has 2 aliphatic rings. The molecule has 0 aliphatic carbocycles. The Morgan fingerprint density at radius 1 is 0.960 bits per heavy atom. The van der Waals surface area contributed by atoms with E-state index in [0.29, 0.717) is 6.79 Å². The Kier molecular flexibility index (Phi) is 3.10. The molecule has 0 spiro atoms. The molecule has 0 fully saturated rings. The quantitative estimate of drug-likeness (QED) is 0.706.